The number of thioether (sulfide) groups is 1. The highest BCUT2D eigenvalue weighted by Crippen LogP contribution is 2.27. The van der Waals surface area contributed by atoms with Gasteiger partial charge in [0.15, 0.2) is 5.16 Å². The van der Waals surface area contributed by atoms with Crippen molar-refractivity contribution in [2.75, 3.05) is 0 Å². The lowest BCUT2D eigenvalue weighted by atomic mass is 9.86. The third-order valence-corrected chi connectivity index (χ3v) is 7.14. The highest BCUT2D eigenvalue weighted by molar-refractivity contribution is 8.00. The van der Waals surface area contributed by atoms with Gasteiger partial charge in [-0.15, -0.1) is 0 Å². The van der Waals surface area contributed by atoms with Gasteiger partial charge in [0.1, 0.15) is 0 Å². The van der Waals surface area contributed by atoms with Crippen molar-refractivity contribution in [2.24, 2.45) is 13.0 Å². The van der Waals surface area contributed by atoms with Crippen LogP contribution in [0.15, 0.2) is 46.3 Å². The molecule has 1 fully saturated rings. The van der Waals surface area contributed by atoms with Crippen molar-refractivity contribution in [1.82, 2.24) is 14.9 Å². The van der Waals surface area contributed by atoms with Crippen LogP contribution in [-0.4, -0.2) is 26.8 Å². The number of nitrogens with zero attached hydrogens (tertiary/aromatic N) is 2. The van der Waals surface area contributed by atoms with E-state index in [1.165, 1.54) is 31.0 Å². The van der Waals surface area contributed by atoms with Crippen LogP contribution in [0.3, 0.4) is 0 Å². The molecular weight excluding hydrogens is 382 g/mol. The summed E-state index contributed by atoms with van der Waals surface area (Å²) < 4.78 is 1.55. The molecular formula is C23H27N3O2S. The maximum atomic E-state index is 12.9. The van der Waals surface area contributed by atoms with E-state index in [0.717, 1.165) is 17.2 Å². The molecule has 0 bridgehead atoms. The molecule has 0 spiro atoms. The van der Waals surface area contributed by atoms with E-state index in [1.54, 1.807) is 11.6 Å². The molecule has 2 aromatic carbocycles. The molecule has 1 saturated carbocycles. The van der Waals surface area contributed by atoms with Crippen molar-refractivity contribution in [3.05, 3.63) is 46.8 Å². The SMILES string of the molecule is C[C@@H]1CCCC[C@@H]1NC(=O)[C@@H](C)Sc1nc2cc3ccccc3cc2c(=O)n1C. The summed E-state index contributed by atoms with van der Waals surface area (Å²) in [6.45, 7) is 4.09. The van der Waals surface area contributed by atoms with Crippen molar-refractivity contribution < 1.29 is 4.79 Å². The van der Waals surface area contributed by atoms with Gasteiger partial charge >= 0.3 is 0 Å². The van der Waals surface area contributed by atoms with Crippen LogP contribution in [0.4, 0.5) is 0 Å². The molecule has 1 aliphatic carbocycles. The molecule has 3 aromatic rings. The Labute approximate surface area is 174 Å². The molecule has 5 nitrogen and oxygen atoms in total. The van der Waals surface area contributed by atoms with E-state index in [1.807, 2.05) is 43.3 Å². The molecule has 1 N–H and O–H groups in total. The van der Waals surface area contributed by atoms with Gasteiger partial charge in [0.2, 0.25) is 5.91 Å². The van der Waals surface area contributed by atoms with Crippen LogP contribution in [0.5, 0.6) is 0 Å². The van der Waals surface area contributed by atoms with Gasteiger partial charge in [-0.2, -0.15) is 0 Å². The van der Waals surface area contributed by atoms with Crippen molar-refractivity contribution >= 4 is 39.3 Å². The molecule has 6 heteroatoms. The van der Waals surface area contributed by atoms with E-state index < -0.39 is 0 Å². The van der Waals surface area contributed by atoms with Gasteiger partial charge < -0.3 is 5.32 Å². The fraction of sp³-hybridized carbons (Fsp3) is 0.435. The molecule has 3 atom stereocenters. The Bertz CT molecular complexity index is 1120. The zero-order valence-electron chi connectivity index (χ0n) is 17.1. The van der Waals surface area contributed by atoms with E-state index >= 15 is 0 Å². The molecule has 1 amide bonds. The molecule has 152 valence electrons. The molecule has 1 heterocycles. The summed E-state index contributed by atoms with van der Waals surface area (Å²) in [6.07, 6.45) is 4.63. The van der Waals surface area contributed by atoms with Crippen LogP contribution in [0, 0.1) is 5.92 Å². The number of aromatic nitrogens is 2. The minimum atomic E-state index is -0.319. The number of fused-ring (bicyclic) bond motifs is 2. The predicted octanol–water partition coefficient (Wildman–Crippen LogP) is 4.26. The third kappa shape index (κ3) is 4.04. The summed E-state index contributed by atoms with van der Waals surface area (Å²) in [4.78, 5) is 30.4. The third-order valence-electron chi connectivity index (χ3n) is 5.99. The van der Waals surface area contributed by atoms with E-state index in [4.69, 9.17) is 4.98 Å². The Morgan fingerprint density at radius 1 is 1.21 bits per heavy atom. The lowest BCUT2D eigenvalue weighted by Gasteiger charge is -2.30. The Morgan fingerprint density at radius 2 is 1.90 bits per heavy atom. The first kappa shape index (κ1) is 20.0. The van der Waals surface area contributed by atoms with Crippen molar-refractivity contribution in [3.8, 4) is 0 Å². The maximum absolute atomic E-state index is 12.9. The first-order chi connectivity index (χ1) is 13.9. The highest BCUT2D eigenvalue weighted by atomic mass is 32.2. The van der Waals surface area contributed by atoms with Crippen LogP contribution in [-0.2, 0) is 11.8 Å². The topological polar surface area (TPSA) is 64.0 Å². The fourth-order valence-electron chi connectivity index (χ4n) is 4.09. The first-order valence-corrected chi connectivity index (χ1v) is 11.2. The number of hydrogen-bond donors (Lipinski definition) is 1. The predicted molar refractivity (Wildman–Crippen MR) is 119 cm³/mol. The lowest BCUT2D eigenvalue weighted by Crippen LogP contribution is -2.44. The lowest BCUT2D eigenvalue weighted by molar-refractivity contribution is -0.121. The summed E-state index contributed by atoms with van der Waals surface area (Å²) in [7, 11) is 1.72. The molecule has 0 saturated heterocycles. The van der Waals surface area contributed by atoms with Crippen LogP contribution in [0.2, 0.25) is 0 Å². The average molecular weight is 410 g/mol. The number of hydrogen-bond acceptors (Lipinski definition) is 4. The second kappa shape index (κ2) is 8.19. The summed E-state index contributed by atoms with van der Waals surface area (Å²) in [5, 5.41) is 6.13. The van der Waals surface area contributed by atoms with Gasteiger partial charge in [0.25, 0.3) is 5.56 Å². The second-order valence-corrected chi connectivity index (χ2v) is 9.42. The van der Waals surface area contributed by atoms with Crippen LogP contribution >= 0.6 is 11.8 Å². The molecule has 1 aliphatic rings. The highest BCUT2D eigenvalue weighted by Gasteiger charge is 2.26. The quantitative estimate of drug-likeness (QED) is 0.397. The largest absolute Gasteiger partial charge is 0.352 e. The van der Waals surface area contributed by atoms with Gasteiger partial charge in [0.05, 0.1) is 16.2 Å². The number of amides is 1. The zero-order chi connectivity index (χ0) is 20.5. The van der Waals surface area contributed by atoms with Crippen LogP contribution in [0.1, 0.15) is 39.5 Å². The minimum absolute atomic E-state index is 0.0154. The van der Waals surface area contributed by atoms with Gasteiger partial charge in [0, 0.05) is 13.1 Å². The maximum Gasteiger partial charge on any atom is 0.261 e. The Balaban J connectivity index is 1.59. The van der Waals surface area contributed by atoms with Crippen LogP contribution < -0.4 is 10.9 Å². The molecule has 0 radical (unpaired) electrons. The van der Waals surface area contributed by atoms with Crippen molar-refractivity contribution in [3.63, 3.8) is 0 Å². The van der Waals surface area contributed by atoms with Crippen LogP contribution in [0.25, 0.3) is 21.7 Å². The number of rotatable bonds is 4. The monoisotopic (exact) mass is 409 g/mol. The van der Waals surface area contributed by atoms with Gasteiger partial charge in [-0.05, 0) is 48.6 Å². The van der Waals surface area contributed by atoms with E-state index in [9.17, 15) is 9.59 Å². The molecule has 0 unspecified atom stereocenters. The van der Waals surface area contributed by atoms with Crippen molar-refractivity contribution in [2.45, 2.75) is 56.0 Å². The average Bonchev–Trinajstić information content (AvgIpc) is 2.72. The van der Waals surface area contributed by atoms with E-state index in [2.05, 4.69) is 12.2 Å². The van der Waals surface area contributed by atoms with E-state index in [-0.39, 0.29) is 22.8 Å². The molecule has 4 rings (SSSR count). The van der Waals surface area contributed by atoms with Gasteiger partial charge in [-0.25, -0.2) is 4.98 Å². The molecule has 29 heavy (non-hydrogen) atoms. The number of nitrogens with one attached hydrogen (secondary N) is 1. The number of carbonyl (C=O) groups excluding carboxylic acids is 1. The smallest absolute Gasteiger partial charge is 0.261 e. The second-order valence-electron chi connectivity index (χ2n) is 8.11. The number of carbonyl (C=O) groups is 1. The minimum Gasteiger partial charge on any atom is -0.352 e. The summed E-state index contributed by atoms with van der Waals surface area (Å²) in [5.74, 6) is 0.530. The first-order valence-electron chi connectivity index (χ1n) is 10.3. The molecule has 0 aliphatic heterocycles. The normalized spacial score (nSPS) is 20.7. The standard InChI is InChI=1S/C23H27N3O2S/c1-14-8-4-7-11-19(14)24-21(27)15(2)29-23-25-20-13-17-10-6-5-9-16(17)12-18(20)22(28)26(23)3/h5-6,9-10,12-15,19H,4,7-8,11H2,1-3H3,(H,24,27)/t14-,15-,19+/m1/s1. The van der Waals surface area contributed by atoms with E-state index in [0.29, 0.717) is 22.0 Å². The summed E-state index contributed by atoms with van der Waals surface area (Å²) >= 11 is 1.34. The Hall–Kier alpha value is -2.34. The Morgan fingerprint density at radius 3 is 2.62 bits per heavy atom. The van der Waals surface area contributed by atoms with Gasteiger partial charge in [-0.1, -0.05) is 55.8 Å². The summed E-state index contributed by atoms with van der Waals surface area (Å²) in [6, 6.07) is 12.0. The zero-order valence-corrected chi connectivity index (χ0v) is 18.0. The summed E-state index contributed by atoms with van der Waals surface area (Å²) in [5.41, 5.74) is 0.583. The molecule has 1 aromatic heterocycles. The Kier molecular flexibility index (Phi) is 5.63. The number of benzene rings is 2. The van der Waals surface area contributed by atoms with Gasteiger partial charge in [-0.3, -0.25) is 14.2 Å². The van der Waals surface area contributed by atoms with Crippen molar-refractivity contribution in [1.29, 1.82) is 0 Å². The fourth-order valence-corrected chi connectivity index (χ4v) is 4.97.